The Bertz CT molecular complexity index is 834. The molecule has 1 amide bonds. The van der Waals surface area contributed by atoms with Crippen molar-refractivity contribution in [2.24, 2.45) is 0 Å². The highest BCUT2D eigenvalue weighted by atomic mass is 32.1. The maximum atomic E-state index is 12.6. The van der Waals surface area contributed by atoms with Gasteiger partial charge in [0.2, 0.25) is 5.13 Å². The van der Waals surface area contributed by atoms with Crippen LogP contribution in [0.15, 0.2) is 12.1 Å². The van der Waals surface area contributed by atoms with Gasteiger partial charge in [-0.15, -0.1) is 10.2 Å². The number of nitro benzene ring substituents is 1. The summed E-state index contributed by atoms with van der Waals surface area (Å²) in [7, 11) is 2.74. The summed E-state index contributed by atoms with van der Waals surface area (Å²) in [5.74, 6) is -0.290. The number of hydrogen-bond donors (Lipinski definition) is 1. The topological polar surface area (TPSA) is 116 Å². The van der Waals surface area contributed by atoms with Crippen molar-refractivity contribution >= 4 is 28.1 Å². The molecule has 0 spiro atoms. The molecule has 0 unspecified atom stereocenters. The molecule has 1 heterocycles. The van der Waals surface area contributed by atoms with E-state index in [2.05, 4.69) is 15.5 Å². The number of methoxy groups -OCH3 is 2. The lowest BCUT2D eigenvalue weighted by Gasteiger charge is -2.17. The fourth-order valence-electron chi connectivity index (χ4n) is 2.06. The fourth-order valence-corrected chi connectivity index (χ4v) is 2.97. The van der Waals surface area contributed by atoms with Crippen molar-refractivity contribution in [3.05, 3.63) is 32.8 Å². The second kappa shape index (κ2) is 7.65. The lowest BCUT2D eigenvalue weighted by atomic mass is 9.91. The van der Waals surface area contributed by atoms with E-state index in [1.807, 2.05) is 20.8 Å². The number of nitrogens with zero attached hydrogens (tertiary/aromatic N) is 3. The summed E-state index contributed by atoms with van der Waals surface area (Å²) in [5.41, 5.74) is -0.714. The molecule has 9 nitrogen and oxygen atoms in total. The van der Waals surface area contributed by atoms with Gasteiger partial charge in [-0.2, -0.15) is 0 Å². The minimum atomic E-state index is -0.672. The Balaban J connectivity index is 2.36. The third-order valence-electron chi connectivity index (χ3n) is 4.05. The van der Waals surface area contributed by atoms with Crippen LogP contribution < -0.4 is 14.8 Å². The van der Waals surface area contributed by atoms with Gasteiger partial charge in [-0.05, 0) is 6.42 Å². The van der Waals surface area contributed by atoms with E-state index >= 15 is 0 Å². The Labute approximate surface area is 154 Å². The summed E-state index contributed by atoms with van der Waals surface area (Å²) in [6.45, 7) is 6.09. The number of rotatable bonds is 7. The molecule has 0 aliphatic carbocycles. The summed E-state index contributed by atoms with van der Waals surface area (Å²) < 4.78 is 10.2. The average Bonchev–Trinajstić information content (AvgIpc) is 3.09. The van der Waals surface area contributed by atoms with E-state index in [4.69, 9.17) is 9.47 Å². The van der Waals surface area contributed by atoms with Gasteiger partial charge < -0.3 is 9.47 Å². The Morgan fingerprint density at radius 1 is 1.27 bits per heavy atom. The third kappa shape index (κ3) is 3.90. The van der Waals surface area contributed by atoms with Gasteiger partial charge in [0, 0.05) is 11.5 Å². The van der Waals surface area contributed by atoms with Gasteiger partial charge >= 0.3 is 0 Å². The average molecular weight is 380 g/mol. The monoisotopic (exact) mass is 380 g/mol. The zero-order valence-corrected chi connectivity index (χ0v) is 16.0. The van der Waals surface area contributed by atoms with Crippen molar-refractivity contribution in [2.45, 2.75) is 32.6 Å². The largest absolute Gasteiger partial charge is 0.493 e. The van der Waals surface area contributed by atoms with Crippen LogP contribution >= 0.6 is 11.3 Å². The maximum Gasteiger partial charge on any atom is 0.286 e. The van der Waals surface area contributed by atoms with E-state index in [-0.39, 0.29) is 27.6 Å². The van der Waals surface area contributed by atoms with E-state index in [0.717, 1.165) is 17.5 Å². The molecule has 0 bridgehead atoms. The van der Waals surface area contributed by atoms with Crippen molar-refractivity contribution in [3.63, 3.8) is 0 Å². The number of ether oxygens (including phenoxy) is 2. The number of benzene rings is 1. The second-order valence-electron chi connectivity index (χ2n) is 6.09. The van der Waals surface area contributed by atoms with Crippen molar-refractivity contribution in [1.29, 1.82) is 0 Å². The summed E-state index contributed by atoms with van der Waals surface area (Å²) in [5, 5.41) is 23.0. The van der Waals surface area contributed by atoms with Crippen molar-refractivity contribution in [2.75, 3.05) is 19.5 Å². The number of nitrogens with one attached hydrogen (secondary N) is 1. The Hall–Kier alpha value is -2.75. The molecule has 0 atom stereocenters. The van der Waals surface area contributed by atoms with Crippen LogP contribution in [0.2, 0.25) is 0 Å². The summed E-state index contributed by atoms with van der Waals surface area (Å²) in [6, 6.07) is 2.42. The molecule has 0 saturated heterocycles. The van der Waals surface area contributed by atoms with E-state index in [9.17, 15) is 14.9 Å². The first-order chi connectivity index (χ1) is 12.2. The van der Waals surface area contributed by atoms with Crippen LogP contribution in [0.4, 0.5) is 10.8 Å². The molecule has 0 fully saturated rings. The van der Waals surface area contributed by atoms with E-state index < -0.39 is 16.5 Å². The molecular formula is C16H20N4O5S. The van der Waals surface area contributed by atoms with E-state index in [1.54, 1.807) is 0 Å². The smallest absolute Gasteiger partial charge is 0.286 e. The van der Waals surface area contributed by atoms with Gasteiger partial charge in [-0.25, -0.2) is 0 Å². The molecule has 1 N–H and O–H groups in total. The molecule has 140 valence electrons. The number of nitro groups is 1. The van der Waals surface area contributed by atoms with E-state index in [1.165, 1.54) is 31.6 Å². The second-order valence-corrected chi connectivity index (χ2v) is 7.06. The standard InChI is InChI=1S/C16H20N4O5S/c1-6-16(2,3)14-18-19-15(26-14)17-13(21)9-7-11(24-4)12(25-5)8-10(9)20(22)23/h7-8H,6H2,1-5H3,(H,17,19,21). The Morgan fingerprint density at radius 2 is 1.88 bits per heavy atom. The van der Waals surface area contributed by atoms with Crippen LogP contribution in [0.25, 0.3) is 0 Å². The normalized spacial score (nSPS) is 11.1. The Morgan fingerprint density at radius 3 is 2.42 bits per heavy atom. The number of carbonyl (C=O) groups is 1. The summed E-state index contributed by atoms with van der Waals surface area (Å²) >= 11 is 1.24. The first-order valence-corrected chi connectivity index (χ1v) is 8.60. The van der Waals surface area contributed by atoms with Crippen LogP contribution in [0.3, 0.4) is 0 Å². The van der Waals surface area contributed by atoms with Gasteiger partial charge in [0.25, 0.3) is 11.6 Å². The minimum Gasteiger partial charge on any atom is -0.493 e. The fraction of sp³-hybridized carbons (Fsp3) is 0.438. The lowest BCUT2D eigenvalue weighted by Crippen LogP contribution is -2.15. The molecule has 2 aromatic rings. The predicted octanol–water partition coefficient (Wildman–Crippen LogP) is 3.40. The third-order valence-corrected chi connectivity index (χ3v) is 5.26. The van der Waals surface area contributed by atoms with Crippen molar-refractivity contribution in [1.82, 2.24) is 10.2 Å². The quantitative estimate of drug-likeness (QED) is 0.578. The van der Waals surface area contributed by atoms with Crippen molar-refractivity contribution < 1.29 is 19.2 Å². The van der Waals surface area contributed by atoms with Crippen LogP contribution in [-0.4, -0.2) is 35.2 Å². The molecule has 1 aromatic carbocycles. The zero-order chi connectivity index (χ0) is 19.5. The molecule has 0 aliphatic rings. The predicted molar refractivity (Wildman–Crippen MR) is 97.4 cm³/mol. The van der Waals surface area contributed by atoms with Crippen LogP contribution in [0.1, 0.15) is 42.6 Å². The first kappa shape index (κ1) is 19.6. The number of hydrogen-bond acceptors (Lipinski definition) is 8. The SMILES string of the molecule is CCC(C)(C)c1nnc(NC(=O)c2cc(OC)c(OC)cc2[N+](=O)[O-])s1. The molecule has 26 heavy (non-hydrogen) atoms. The first-order valence-electron chi connectivity index (χ1n) is 7.79. The van der Waals surface area contributed by atoms with Crippen LogP contribution in [0.5, 0.6) is 11.5 Å². The van der Waals surface area contributed by atoms with Crippen molar-refractivity contribution in [3.8, 4) is 11.5 Å². The number of carbonyl (C=O) groups excluding carboxylic acids is 1. The number of amides is 1. The minimum absolute atomic E-state index is 0.154. The maximum absolute atomic E-state index is 12.6. The summed E-state index contributed by atoms with van der Waals surface area (Å²) in [4.78, 5) is 23.2. The number of anilines is 1. The molecule has 0 radical (unpaired) electrons. The zero-order valence-electron chi connectivity index (χ0n) is 15.2. The molecule has 0 aliphatic heterocycles. The van der Waals surface area contributed by atoms with Gasteiger partial charge in [0.05, 0.1) is 25.2 Å². The summed E-state index contributed by atoms with van der Waals surface area (Å²) in [6.07, 6.45) is 0.858. The molecule has 10 heteroatoms. The molecule has 1 aromatic heterocycles. The van der Waals surface area contributed by atoms with Crippen LogP contribution in [0, 0.1) is 10.1 Å². The lowest BCUT2D eigenvalue weighted by molar-refractivity contribution is -0.385. The Kier molecular flexibility index (Phi) is 5.76. The highest BCUT2D eigenvalue weighted by Crippen LogP contribution is 2.35. The van der Waals surface area contributed by atoms with Gasteiger partial charge in [0.15, 0.2) is 11.5 Å². The van der Waals surface area contributed by atoms with Gasteiger partial charge in [-0.3, -0.25) is 20.2 Å². The molecule has 2 rings (SSSR count). The van der Waals surface area contributed by atoms with Crippen LogP contribution in [-0.2, 0) is 5.41 Å². The van der Waals surface area contributed by atoms with Gasteiger partial charge in [-0.1, -0.05) is 32.1 Å². The number of aromatic nitrogens is 2. The van der Waals surface area contributed by atoms with E-state index in [0.29, 0.717) is 0 Å². The van der Waals surface area contributed by atoms with Gasteiger partial charge in [0.1, 0.15) is 10.6 Å². The molecule has 0 saturated carbocycles. The highest BCUT2D eigenvalue weighted by Gasteiger charge is 2.27. The highest BCUT2D eigenvalue weighted by molar-refractivity contribution is 7.15. The molecular weight excluding hydrogens is 360 g/mol.